The minimum atomic E-state index is -0.449. The number of hydrogen-bond donors (Lipinski definition) is 0. The van der Waals surface area contributed by atoms with Crippen LogP contribution in [-0.2, 0) is 9.47 Å². The van der Waals surface area contributed by atoms with Crippen molar-refractivity contribution in [3.63, 3.8) is 0 Å². The van der Waals surface area contributed by atoms with E-state index in [2.05, 4.69) is 6.92 Å². The van der Waals surface area contributed by atoms with Gasteiger partial charge in [0, 0.05) is 6.54 Å². The molecule has 0 spiro atoms. The molecule has 0 saturated carbocycles. The predicted octanol–water partition coefficient (Wildman–Crippen LogP) is 1.46. The van der Waals surface area contributed by atoms with Gasteiger partial charge in [0.1, 0.15) is 5.60 Å². The Kier molecular flexibility index (Phi) is 3.37. The zero-order chi connectivity index (χ0) is 10.8. The predicted molar refractivity (Wildman–Crippen MR) is 52.9 cm³/mol. The lowest BCUT2D eigenvalue weighted by molar-refractivity contribution is -0.0223. The van der Waals surface area contributed by atoms with Crippen LogP contribution in [0.4, 0.5) is 4.79 Å². The number of carbonyl (C=O) groups is 1. The average Bonchev–Trinajstić information content (AvgIpc) is 2.01. The van der Waals surface area contributed by atoms with E-state index in [9.17, 15) is 4.79 Å². The normalized spacial score (nSPS) is 23.4. The molecule has 0 bridgehead atoms. The lowest BCUT2D eigenvalue weighted by Crippen LogP contribution is -2.49. The summed E-state index contributed by atoms with van der Waals surface area (Å²) in [6.07, 6.45) is -0.305. The highest BCUT2D eigenvalue weighted by atomic mass is 16.6. The summed E-state index contributed by atoms with van der Waals surface area (Å²) in [4.78, 5) is 13.2. The topological polar surface area (TPSA) is 38.8 Å². The van der Waals surface area contributed by atoms with Crippen LogP contribution in [-0.4, -0.2) is 42.4 Å². The molecule has 1 aliphatic rings. The van der Waals surface area contributed by atoms with E-state index >= 15 is 0 Å². The third kappa shape index (κ3) is 3.18. The van der Waals surface area contributed by atoms with Crippen molar-refractivity contribution in [2.24, 2.45) is 0 Å². The van der Waals surface area contributed by atoms with Crippen molar-refractivity contribution in [2.45, 2.75) is 32.4 Å². The van der Waals surface area contributed by atoms with Crippen molar-refractivity contribution in [1.82, 2.24) is 4.90 Å². The Balaban J connectivity index is 2.50. The SMILES string of the molecule is [CH2]C1COCCN1C(=O)OC(C)(C)C. The molecule has 1 atom stereocenters. The van der Waals surface area contributed by atoms with Crippen LogP contribution in [0.15, 0.2) is 0 Å². The van der Waals surface area contributed by atoms with Gasteiger partial charge in [0.25, 0.3) is 0 Å². The van der Waals surface area contributed by atoms with Crippen LogP contribution in [0.3, 0.4) is 0 Å². The lowest BCUT2D eigenvalue weighted by atomic mass is 10.2. The molecule has 4 heteroatoms. The Labute approximate surface area is 85.2 Å². The van der Waals surface area contributed by atoms with Crippen molar-refractivity contribution < 1.29 is 14.3 Å². The van der Waals surface area contributed by atoms with E-state index in [1.54, 1.807) is 4.90 Å². The first-order valence-corrected chi connectivity index (χ1v) is 4.80. The van der Waals surface area contributed by atoms with E-state index in [1.165, 1.54) is 0 Å². The highest BCUT2D eigenvalue weighted by Gasteiger charge is 2.28. The fourth-order valence-corrected chi connectivity index (χ4v) is 1.22. The molecule has 0 aromatic rings. The van der Waals surface area contributed by atoms with Gasteiger partial charge >= 0.3 is 6.09 Å². The van der Waals surface area contributed by atoms with Gasteiger partial charge in [-0.3, -0.25) is 0 Å². The van der Waals surface area contributed by atoms with Gasteiger partial charge in [0.15, 0.2) is 0 Å². The molecule has 81 valence electrons. The van der Waals surface area contributed by atoms with Crippen molar-refractivity contribution in [3.8, 4) is 0 Å². The molecule has 1 fully saturated rings. The molecule has 14 heavy (non-hydrogen) atoms. The second-order valence-electron chi connectivity index (χ2n) is 4.40. The second-order valence-corrected chi connectivity index (χ2v) is 4.40. The Morgan fingerprint density at radius 3 is 2.71 bits per heavy atom. The van der Waals surface area contributed by atoms with Crippen LogP contribution >= 0.6 is 0 Å². The summed E-state index contributed by atoms with van der Waals surface area (Å²) in [5.74, 6) is 0. The second kappa shape index (κ2) is 4.17. The molecule has 0 aromatic heterocycles. The molecular weight excluding hydrogens is 182 g/mol. The summed E-state index contributed by atoms with van der Waals surface area (Å²) >= 11 is 0. The standard InChI is InChI=1S/C10H18NO3/c1-8-7-13-6-5-11(8)9(12)14-10(2,3)4/h8H,1,5-7H2,2-4H3. The molecule has 0 aliphatic carbocycles. The lowest BCUT2D eigenvalue weighted by Gasteiger charge is -2.34. The van der Waals surface area contributed by atoms with Gasteiger partial charge in [-0.25, -0.2) is 4.79 Å². The largest absolute Gasteiger partial charge is 0.444 e. The van der Waals surface area contributed by atoms with E-state index in [1.807, 2.05) is 20.8 Å². The van der Waals surface area contributed by atoms with Crippen molar-refractivity contribution >= 4 is 6.09 Å². The summed E-state index contributed by atoms with van der Waals surface area (Å²) in [5.41, 5.74) is -0.449. The van der Waals surface area contributed by atoms with Crippen LogP contribution in [0.25, 0.3) is 0 Å². The highest BCUT2D eigenvalue weighted by molar-refractivity contribution is 5.68. The molecule has 1 radical (unpaired) electrons. The summed E-state index contributed by atoms with van der Waals surface area (Å²) < 4.78 is 10.4. The molecule has 4 nitrogen and oxygen atoms in total. The van der Waals surface area contributed by atoms with Gasteiger partial charge in [-0.2, -0.15) is 0 Å². The fraction of sp³-hybridized carbons (Fsp3) is 0.800. The third-order valence-electron chi connectivity index (χ3n) is 1.86. The Bertz CT molecular complexity index is 210. The zero-order valence-corrected chi connectivity index (χ0v) is 9.08. The van der Waals surface area contributed by atoms with Gasteiger partial charge in [0.05, 0.1) is 19.3 Å². The highest BCUT2D eigenvalue weighted by Crippen LogP contribution is 2.13. The Morgan fingerprint density at radius 1 is 1.57 bits per heavy atom. The summed E-state index contributed by atoms with van der Waals surface area (Å²) in [6, 6.07) is -0.140. The molecule has 1 amide bonds. The first-order chi connectivity index (χ1) is 6.40. The Morgan fingerprint density at radius 2 is 2.21 bits per heavy atom. The van der Waals surface area contributed by atoms with Crippen molar-refractivity contribution in [2.75, 3.05) is 19.8 Å². The summed E-state index contributed by atoms with van der Waals surface area (Å²) in [5, 5.41) is 0. The monoisotopic (exact) mass is 200 g/mol. The number of ether oxygens (including phenoxy) is 2. The zero-order valence-electron chi connectivity index (χ0n) is 9.08. The van der Waals surface area contributed by atoms with E-state index in [0.29, 0.717) is 19.8 Å². The van der Waals surface area contributed by atoms with E-state index in [-0.39, 0.29) is 12.1 Å². The van der Waals surface area contributed by atoms with Gasteiger partial charge in [-0.15, -0.1) is 0 Å². The molecule has 0 aromatic carbocycles. The number of carbonyl (C=O) groups excluding carboxylic acids is 1. The molecule has 1 rings (SSSR count). The maximum Gasteiger partial charge on any atom is 0.410 e. The number of rotatable bonds is 0. The van der Waals surface area contributed by atoms with E-state index in [0.717, 1.165) is 0 Å². The maximum absolute atomic E-state index is 11.6. The smallest absolute Gasteiger partial charge is 0.410 e. The minimum absolute atomic E-state index is 0.140. The first-order valence-electron chi connectivity index (χ1n) is 4.80. The molecular formula is C10H18NO3. The molecule has 1 saturated heterocycles. The number of amides is 1. The van der Waals surface area contributed by atoms with Gasteiger partial charge < -0.3 is 14.4 Å². The van der Waals surface area contributed by atoms with Crippen molar-refractivity contribution in [1.29, 1.82) is 0 Å². The van der Waals surface area contributed by atoms with Crippen LogP contribution in [0.1, 0.15) is 20.8 Å². The fourth-order valence-electron chi connectivity index (χ4n) is 1.22. The van der Waals surface area contributed by atoms with E-state index in [4.69, 9.17) is 9.47 Å². The first kappa shape index (κ1) is 11.3. The van der Waals surface area contributed by atoms with Crippen molar-refractivity contribution in [3.05, 3.63) is 6.92 Å². The van der Waals surface area contributed by atoms with Gasteiger partial charge in [-0.1, -0.05) is 0 Å². The Hall–Kier alpha value is -0.770. The number of morpholine rings is 1. The van der Waals surface area contributed by atoms with Crippen LogP contribution in [0.2, 0.25) is 0 Å². The molecule has 0 N–H and O–H groups in total. The molecule has 1 aliphatic heterocycles. The quantitative estimate of drug-likeness (QED) is 0.594. The molecule has 1 heterocycles. The number of hydrogen-bond acceptors (Lipinski definition) is 3. The van der Waals surface area contributed by atoms with Gasteiger partial charge in [-0.05, 0) is 27.7 Å². The summed E-state index contributed by atoms with van der Waals surface area (Å²) in [6.45, 7) is 11.0. The number of nitrogens with zero attached hydrogens (tertiary/aromatic N) is 1. The molecule has 1 unspecified atom stereocenters. The minimum Gasteiger partial charge on any atom is -0.444 e. The van der Waals surface area contributed by atoms with Crippen LogP contribution in [0.5, 0.6) is 0 Å². The van der Waals surface area contributed by atoms with Crippen LogP contribution < -0.4 is 0 Å². The van der Waals surface area contributed by atoms with E-state index < -0.39 is 5.60 Å². The average molecular weight is 200 g/mol. The van der Waals surface area contributed by atoms with Gasteiger partial charge in [0.2, 0.25) is 0 Å². The van der Waals surface area contributed by atoms with Crippen LogP contribution in [0, 0.1) is 6.92 Å². The maximum atomic E-state index is 11.6. The third-order valence-corrected chi connectivity index (χ3v) is 1.86. The summed E-state index contributed by atoms with van der Waals surface area (Å²) in [7, 11) is 0.